The van der Waals surface area contributed by atoms with Gasteiger partial charge in [0, 0.05) is 24.7 Å². The first-order valence-corrected chi connectivity index (χ1v) is 7.17. The molecule has 1 aliphatic rings. The van der Waals surface area contributed by atoms with Gasteiger partial charge in [0.2, 0.25) is 5.91 Å². The molecular weight excluding hydrogens is 288 g/mol. The number of carbonyl (C=O) groups is 1. The van der Waals surface area contributed by atoms with Crippen LogP contribution in [0.2, 0.25) is 0 Å². The van der Waals surface area contributed by atoms with Gasteiger partial charge < -0.3 is 15.4 Å². The number of carbonyl (C=O) groups excluding carboxylic acids is 1. The molecule has 21 heavy (non-hydrogen) atoms. The second kappa shape index (κ2) is 7.78. The lowest BCUT2D eigenvalue weighted by Crippen LogP contribution is -2.43. The van der Waals surface area contributed by atoms with Gasteiger partial charge >= 0.3 is 0 Å². The number of anilines is 1. The fourth-order valence-electron chi connectivity index (χ4n) is 2.24. The van der Waals surface area contributed by atoms with Crippen LogP contribution < -0.4 is 10.6 Å². The third-order valence-electron chi connectivity index (χ3n) is 3.46. The van der Waals surface area contributed by atoms with E-state index in [1.807, 2.05) is 12.1 Å². The van der Waals surface area contributed by atoms with Crippen LogP contribution in [0.5, 0.6) is 0 Å². The van der Waals surface area contributed by atoms with Crippen LogP contribution >= 0.6 is 12.4 Å². The number of benzene rings is 1. The minimum Gasteiger partial charge on any atom is -0.378 e. The molecule has 1 unspecified atom stereocenters. The zero-order valence-corrected chi connectivity index (χ0v) is 13.8. The molecule has 0 spiro atoms. The highest BCUT2D eigenvalue weighted by atomic mass is 35.5. The zero-order valence-electron chi connectivity index (χ0n) is 12.9. The second-order valence-corrected chi connectivity index (χ2v) is 6.31. The first kappa shape index (κ1) is 18.0. The fourth-order valence-corrected chi connectivity index (χ4v) is 2.24. The second-order valence-electron chi connectivity index (χ2n) is 6.31. The first-order chi connectivity index (χ1) is 9.45. The van der Waals surface area contributed by atoms with Gasteiger partial charge in [-0.3, -0.25) is 4.79 Å². The largest absolute Gasteiger partial charge is 0.378 e. The Balaban J connectivity index is 0.00000220. The quantitative estimate of drug-likeness (QED) is 0.902. The number of rotatable bonds is 3. The van der Waals surface area contributed by atoms with Crippen LogP contribution in [0, 0.1) is 0 Å². The van der Waals surface area contributed by atoms with Crippen molar-refractivity contribution in [1.29, 1.82) is 0 Å². The summed E-state index contributed by atoms with van der Waals surface area (Å²) in [6.45, 7) is 8.68. The summed E-state index contributed by atoms with van der Waals surface area (Å²) >= 11 is 0. The molecule has 1 heterocycles. The third-order valence-corrected chi connectivity index (χ3v) is 3.46. The van der Waals surface area contributed by atoms with E-state index >= 15 is 0 Å². The van der Waals surface area contributed by atoms with Crippen molar-refractivity contribution in [1.82, 2.24) is 5.32 Å². The molecule has 1 saturated heterocycles. The lowest BCUT2D eigenvalue weighted by atomic mass is 9.87. The van der Waals surface area contributed by atoms with Crippen molar-refractivity contribution < 1.29 is 9.53 Å². The smallest absolute Gasteiger partial charge is 0.226 e. The number of hydrogen-bond donors (Lipinski definition) is 2. The Morgan fingerprint density at radius 1 is 1.33 bits per heavy atom. The van der Waals surface area contributed by atoms with E-state index in [1.54, 1.807) is 0 Å². The maximum absolute atomic E-state index is 12.0. The van der Waals surface area contributed by atoms with Crippen molar-refractivity contribution in [3.63, 3.8) is 0 Å². The van der Waals surface area contributed by atoms with Gasteiger partial charge in [-0.15, -0.1) is 12.4 Å². The highest BCUT2D eigenvalue weighted by molar-refractivity contribution is 5.91. The van der Waals surface area contributed by atoms with E-state index in [0.717, 1.165) is 18.8 Å². The van der Waals surface area contributed by atoms with Gasteiger partial charge in [0.05, 0.1) is 13.2 Å². The highest BCUT2D eigenvalue weighted by Gasteiger charge is 2.17. The van der Waals surface area contributed by atoms with Gasteiger partial charge in [-0.05, 0) is 23.1 Å². The van der Waals surface area contributed by atoms with Gasteiger partial charge in [0.1, 0.15) is 0 Å². The lowest BCUT2D eigenvalue weighted by molar-refractivity contribution is -0.117. The van der Waals surface area contributed by atoms with Crippen molar-refractivity contribution in [2.24, 2.45) is 0 Å². The molecule has 0 bridgehead atoms. The van der Waals surface area contributed by atoms with Crippen LogP contribution in [0.15, 0.2) is 24.3 Å². The van der Waals surface area contributed by atoms with E-state index in [-0.39, 0.29) is 29.8 Å². The molecule has 0 aliphatic carbocycles. The zero-order chi connectivity index (χ0) is 14.6. The van der Waals surface area contributed by atoms with E-state index in [4.69, 9.17) is 4.74 Å². The summed E-state index contributed by atoms with van der Waals surface area (Å²) in [5.41, 5.74) is 2.24. The van der Waals surface area contributed by atoms with E-state index < -0.39 is 0 Å². The van der Waals surface area contributed by atoms with Crippen LogP contribution in [0.3, 0.4) is 0 Å². The molecule has 1 aromatic carbocycles. The van der Waals surface area contributed by atoms with Crippen molar-refractivity contribution in [2.45, 2.75) is 38.6 Å². The Bertz CT molecular complexity index is 448. The van der Waals surface area contributed by atoms with Crippen molar-refractivity contribution in [2.75, 3.05) is 25.1 Å². The number of amides is 1. The van der Waals surface area contributed by atoms with E-state index in [1.165, 1.54) is 5.56 Å². The van der Waals surface area contributed by atoms with Crippen LogP contribution in [0.25, 0.3) is 0 Å². The molecule has 1 atom stereocenters. The van der Waals surface area contributed by atoms with Crippen molar-refractivity contribution in [3.8, 4) is 0 Å². The molecule has 0 radical (unpaired) electrons. The predicted octanol–water partition coefficient (Wildman–Crippen LogP) is 2.72. The summed E-state index contributed by atoms with van der Waals surface area (Å²) in [4.78, 5) is 12.0. The van der Waals surface area contributed by atoms with Crippen LogP contribution in [0.1, 0.15) is 32.8 Å². The summed E-state index contributed by atoms with van der Waals surface area (Å²) in [5.74, 6) is 0.0245. The van der Waals surface area contributed by atoms with Crippen LogP contribution in [0.4, 0.5) is 5.69 Å². The van der Waals surface area contributed by atoms with E-state index in [9.17, 15) is 4.79 Å². The molecule has 2 rings (SSSR count). The standard InChI is InChI=1S/C16H24N2O2.ClH/c1-16(2,3)12-4-6-13(7-5-12)18-15(19)10-14-11-20-9-8-17-14;/h4-7,14,17H,8-11H2,1-3H3,(H,18,19);1H. The summed E-state index contributed by atoms with van der Waals surface area (Å²) in [6.07, 6.45) is 0.445. The molecule has 4 nitrogen and oxygen atoms in total. The van der Waals surface area contributed by atoms with Gasteiger partial charge in [0.15, 0.2) is 0 Å². The summed E-state index contributed by atoms with van der Waals surface area (Å²) in [7, 11) is 0. The number of morpholine rings is 1. The monoisotopic (exact) mass is 312 g/mol. The number of nitrogens with one attached hydrogen (secondary N) is 2. The van der Waals surface area contributed by atoms with Crippen molar-refractivity contribution >= 4 is 24.0 Å². The number of halogens is 1. The normalized spacial score (nSPS) is 18.7. The molecule has 1 fully saturated rings. The fraction of sp³-hybridized carbons (Fsp3) is 0.562. The number of ether oxygens (including phenoxy) is 1. The SMILES string of the molecule is CC(C)(C)c1ccc(NC(=O)CC2COCCN2)cc1.Cl. The molecule has 0 aromatic heterocycles. The Morgan fingerprint density at radius 3 is 2.52 bits per heavy atom. The minimum atomic E-state index is 0. The summed E-state index contributed by atoms with van der Waals surface area (Å²) < 4.78 is 5.34. The molecular formula is C16H25ClN2O2. The van der Waals surface area contributed by atoms with Gasteiger partial charge in [-0.25, -0.2) is 0 Å². The average molecular weight is 313 g/mol. The molecule has 2 N–H and O–H groups in total. The Morgan fingerprint density at radius 2 is 2.00 bits per heavy atom. The molecule has 1 amide bonds. The Hall–Kier alpha value is -1.10. The van der Waals surface area contributed by atoms with Gasteiger partial charge in [0.25, 0.3) is 0 Å². The molecule has 5 heteroatoms. The van der Waals surface area contributed by atoms with E-state index in [0.29, 0.717) is 13.0 Å². The highest BCUT2D eigenvalue weighted by Crippen LogP contribution is 2.23. The Labute approximate surface area is 133 Å². The molecule has 118 valence electrons. The topological polar surface area (TPSA) is 50.4 Å². The van der Waals surface area contributed by atoms with Crippen LogP contribution in [-0.2, 0) is 14.9 Å². The van der Waals surface area contributed by atoms with Gasteiger partial charge in [-0.2, -0.15) is 0 Å². The summed E-state index contributed by atoms with van der Waals surface area (Å²) in [6, 6.07) is 8.18. The molecule has 1 aliphatic heterocycles. The molecule has 1 aromatic rings. The lowest BCUT2D eigenvalue weighted by Gasteiger charge is -2.23. The maximum Gasteiger partial charge on any atom is 0.226 e. The first-order valence-electron chi connectivity index (χ1n) is 7.17. The number of hydrogen-bond acceptors (Lipinski definition) is 3. The summed E-state index contributed by atoms with van der Waals surface area (Å²) in [5, 5.41) is 6.21. The average Bonchev–Trinajstić information content (AvgIpc) is 2.39. The predicted molar refractivity (Wildman–Crippen MR) is 88.2 cm³/mol. The van der Waals surface area contributed by atoms with Crippen molar-refractivity contribution in [3.05, 3.63) is 29.8 Å². The van der Waals surface area contributed by atoms with E-state index in [2.05, 4.69) is 43.5 Å². The molecule has 0 saturated carbocycles. The Kier molecular flexibility index (Phi) is 6.65. The minimum absolute atomic E-state index is 0. The van der Waals surface area contributed by atoms with Gasteiger partial charge in [-0.1, -0.05) is 32.9 Å². The third kappa shape index (κ3) is 5.65. The maximum atomic E-state index is 12.0. The van der Waals surface area contributed by atoms with Crippen LogP contribution in [-0.4, -0.2) is 31.7 Å².